The van der Waals surface area contributed by atoms with E-state index in [0.29, 0.717) is 6.54 Å². The molecule has 0 bridgehead atoms. The minimum atomic E-state index is -0.118. The van der Waals surface area contributed by atoms with E-state index in [-0.39, 0.29) is 18.6 Å². The Balaban J connectivity index is 2.45. The van der Waals surface area contributed by atoms with Crippen molar-refractivity contribution in [2.45, 2.75) is 18.9 Å². The summed E-state index contributed by atoms with van der Waals surface area (Å²) in [6.45, 7) is 1.27. The van der Waals surface area contributed by atoms with Crippen molar-refractivity contribution in [3.63, 3.8) is 0 Å². The third-order valence-electron chi connectivity index (χ3n) is 2.29. The molecule has 0 aromatic carbocycles. The molecule has 0 spiro atoms. The second-order valence-electron chi connectivity index (χ2n) is 3.01. The molecular weight excluding hydrogens is 156 g/mol. The molecule has 1 rings (SSSR count). The minimum Gasteiger partial charge on any atom is -0.358 e. The van der Waals surface area contributed by atoms with E-state index in [1.54, 1.807) is 7.05 Å². The van der Waals surface area contributed by atoms with Gasteiger partial charge in [0.05, 0.1) is 12.6 Å². The Morgan fingerprint density at radius 1 is 1.67 bits per heavy atom. The number of amides is 1. The normalized spacial score (nSPS) is 24.3. The highest BCUT2D eigenvalue weighted by Crippen LogP contribution is 2.16. The van der Waals surface area contributed by atoms with Crippen molar-refractivity contribution in [2.75, 3.05) is 26.7 Å². The topological polar surface area (TPSA) is 52.2 Å². The number of hydrogen-bond acceptors (Lipinski definition) is 2. The van der Waals surface area contributed by atoms with E-state index in [2.05, 4.69) is 5.32 Å². The van der Waals surface area contributed by atoms with Crippen molar-refractivity contribution >= 4 is 5.91 Å². The maximum atomic E-state index is 11.2. The number of nitrogens with one attached hydrogen (secondary N) is 1. The summed E-state index contributed by atoms with van der Waals surface area (Å²) in [5.74, 6) is 0.0425. The molecule has 1 radical (unpaired) electrons. The van der Waals surface area contributed by atoms with Crippen LogP contribution in [0.2, 0.25) is 0 Å². The lowest BCUT2D eigenvalue weighted by Gasteiger charge is -2.21. The lowest BCUT2D eigenvalue weighted by molar-refractivity contribution is -0.125. The average molecular weight is 171 g/mol. The quantitative estimate of drug-likeness (QED) is 0.629. The molecule has 1 heterocycles. The fraction of sp³-hybridized carbons (Fsp3) is 0.875. The first-order chi connectivity index (χ1) is 5.79. The first-order valence-electron chi connectivity index (χ1n) is 4.33. The molecule has 69 valence electrons. The van der Waals surface area contributed by atoms with Crippen LogP contribution >= 0.6 is 0 Å². The van der Waals surface area contributed by atoms with Gasteiger partial charge in [0.1, 0.15) is 0 Å². The highest BCUT2D eigenvalue weighted by Gasteiger charge is 2.29. The summed E-state index contributed by atoms with van der Waals surface area (Å²) in [4.78, 5) is 13.2. The molecule has 1 unspecified atom stereocenters. The minimum absolute atomic E-state index is 0.0425. The largest absolute Gasteiger partial charge is 0.358 e. The van der Waals surface area contributed by atoms with Crippen molar-refractivity contribution in [2.24, 2.45) is 0 Å². The lowest BCUT2D eigenvalue weighted by Crippen LogP contribution is -2.42. The molecule has 1 fully saturated rings. The van der Waals surface area contributed by atoms with E-state index < -0.39 is 0 Å². The van der Waals surface area contributed by atoms with Crippen molar-refractivity contribution in [3.05, 3.63) is 0 Å². The van der Waals surface area contributed by atoms with Crippen LogP contribution in [0.4, 0.5) is 0 Å². The molecule has 1 atom stereocenters. The summed E-state index contributed by atoms with van der Waals surface area (Å²) < 4.78 is 0. The SMILES string of the molecule is CNC(=O)C1CCCN1CC[O]. The van der Waals surface area contributed by atoms with Crippen LogP contribution < -0.4 is 5.32 Å². The van der Waals surface area contributed by atoms with Gasteiger partial charge in [-0.2, -0.15) is 0 Å². The van der Waals surface area contributed by atoms with E-state index in [4.69, 9.17) is 0 Å². The first-order valence-corrected chi connectivity index (χ1v) is 4.33. The third kappa shape index (κ3) is 1.95. The zero-order valence-corrected chi connectivity index (χ0v) is 7.38. The van der Waals surface area contributed by atoms with Gasteiger partial charge in [0.15, 0.2) is 0 Å². The zero-order valence-electron chi connectivity index (χ0n) is 7.38. The molecule has 1 saturated heterocycles. The molecule has 1 aliphatic rings. The monoisotopic (exact) mass is 171 g/mol. The van der Waals surface area contributed by atoms with E-state index >= 15 is 0 Å². The molecule has 1 amide bonds. The fourth-order valence-electron chi connectivity index (χ4n) is 1.67. The molecule has 12 heavy (non-hydrogen) atoms. The maximum Gasteiger partial charge on any atom is 0.237 e. The third-order valence-corrected chi connectivity index (χ3v) is 2.29. The Kier molecular flexibility index (Phi) is 3.49. The van der Waals surface area contributed by atoms with Gasteiger partial charge in [-0.25, -0.2) is 5.11 Å². The van der Waals surface area contributed by atoms with Crippen molar-refractivity contribution < 1.29 is 9.90 Å². The summed E-state index contributed by atoms with van der Waals surface area (Å²) in [5.41, 5.74) is 0. The van der Waals surface area contributed by atoms with Gasteiger partial charge in [-0.15, -0.1) is 0 Å². The van der Waals surface area contributed by atoms with Crippen LogP contribution in [0.25, 0.3) is 0 Å². The van der Waals surface area contributed by atoms with Crippen LogP contribution in [0.5, 0.6) is 0 Å². The number of hydrogen-bond donors (Lipinski definition) is 1. The summed E-state index contributed by atoms with van der Waals surface area (Å²) in [6, 6.07) is -0.0519. The number of rotatable bonds is 3. The van der Waals surface area contributed by atoms with Crippen LogP contribution in [0.15, 0.2) is 0 Å². The number of carbonyl (C=O) groups excluding carboxylic acids is 1. The van der Waals surface area contributed by atoms with Gasteiger partial charge in [-0.1, -0.05) is 0 Å². The molecule has 4 heteroatoms. The number of likely N-dealkylation sites (tertiary alicyclic amines) is 1. The highest BCUT2D eigenvalue weighted by atomic mass is 16.3. The number of carbonyl (C=O) groups is 1. The smallest absolute Gasteiger partial charge is 0.237 e. The Morgan fingerprint density at radius 2 is 2.42 bits per heavy atom. The summed E-state index contributed by atoms with van der Waals surface area (Å²) in [6.07, 6.45) is 1.91. The fourth-order valence-corrected chi connectivity index (χ4v) is 1.67. The van der Waals surface area contributed by atoms with Crippen LogP contribution in [-0.4, -0.2) is 43.6 Å². The van der Waals surface area contributed by atoms with Crippen molar-refractivity contribution in [1.29, 1.82) is 0 Å². The van der Waals surface area contributed by atoms with Gasteiger partial charge >= 0.3 is 0 Å². The Morgan fingerprint density at radius 3 is 3.00 bits per heavy atom. The lowest BCUT2D eigenvalue weighted by atomic mass is 10.2. The predicted molar refractivity (Wildman–Crippen MR) is 44.2 cm³/mol. The standard InChI is InChI=1S/C8H15N2O2/c1-9-8(12)7-3-2-4-10(7)5-6-11/h7H,2-6H2,1H3,(H,9,12). The molecule has 0 aromatic rings. The maximum absolute atomic E-state index is 11.2. The van der Waals surface area contributed by atoms with Gasteiger partial charge in [0, 0.05) is 13.6 Å². The van der Waals surface area contributed by atoms with Crippen LogP contribution in [0, 0.1) is 0 Å². The molecule has 0 aliphatic carbocycles. The van der Waals surface area contributed by atoms with E-state index in [1.165, 1.54) is 0 Å². The summed E-state index contributed by atoms with van der Waals surface area (Å²) in [7, 11) is 1.63. The second kappa shape index (κ2) is 4.42. The Hall–Kier alpha value is -0.610. The molecule has 1 N–H and O–H groups in total. The predicted octanol–water partition coefficient (Wildman–Crippen LogP) is -0.373. The number of likely N-dealkylation sites (N-methyl/N-ethyl adjacent to an activating group) is 1. The van der Waals surface area contributed by atoms with Crippen molar-refractivity contribution in [3.8, 4) is 0 Å². The van der Waals surface area contributed by atoms with Gasteiger partial charge in [-0.05, 0) is 19.4 Å². The van der Waals surface area contributed by atoms with E-state index in [9.17, 15) is 9.90 Å². The molecule has 4 nitrogen and oxygen atoms in total. The Labute approximate surface area is 72.6 Å². The van der Waals surface area contributed by atoms with Crippen LogP contribution in [0.1, 0.15) is 12.8 Å². The highest BCUT2D eigenvalue weighted by molar-refractivity contribution is 5.81. The first kappa shape index (κ1) is 9.48. The average Bonchev–Trinajstić information content (AvgIpc) is 2.52. The van der Waals surface area contributed by atoms with E-state index in [0.717, 1.165) is 19.4 Å². The zero-order chi connectivity index (χ0) is 8.97. The molecular formula is C8H15N2O2. The second-order valence-corrected chi connectivity index (χ2v) is 3.01. The molecule has 0 aromatic heterocycles. The van der Waals surface area contributed by atoms with Gasteiger partial charge < -0.3 is 5.32 Å². The molecule has 0 saturated carbocycles. The van der Waals surface area contributed by atoms with Gasteiger partial charge in [-0.3, -0.25) is 9.69 Å². The van der Waals surface area contributed by atoms with E-state index in [1.807, 2.05) is 4.90 Å². The summed E-state index contributed by atoms with van der Waals surface area (Å²) in [5, 5.41) is 13.0. The van der Waals surface area contributed by atoms with Gasteiger partial charge in [0.25, 0.3) is 0 Å². The summed E-state index contributed by atoms with van der Waals surface area (Å²) >= 11 is 0. The van der Waals surface area contributed by atoms with Crippen LogP contribution in [-0.2, 0) is 9.90 Å². The van der Waals surface area contributed by atoms with Crippen LogP contribution in [0.3, 0.4) is 0 Å². The Bertz CT molecular complexity index is 161. The number of nitrogens with zero attached hydrogens (tertiary/aromatic N) is 1. The van der Waals surface area contributed by atoms with Crippen molar-refractivity contribution in [1.82, 2.24) is 10.2 Å². The molecule has 1 aliphatic heterocycles. The van der Waals surface area contributed by atoms with Gasteiger partial charge in [0.2, 0.25) is 5.91 Å².